The van der Waals surface area contributed by atoms with Crippen LogP contribution in [0, 0.1) is 0 Å². The van der Waals surface area contributed by atoms with Crippen LogP contribution in [0.2, 0.25) is 0 Å². The van der Waals surface area contributed by atoms with Crippen LogP contribution in [-0.2, 0) is 30.3 Å². The molecule has 4 atom stereocenters. The third-order valence-electron chi connectivity index (χ3n) is 5.24. The van der Waals surface area contributed by atoms with Gasteiger partial charge in [-0.15, -0.1) is 0 Å². The molecule has 0 radical (unpaired) electrons. The molecule has 0 saturated heterocycles. The van der Waals surface area contributed by atoms with Crippen LogP contribution in [0.4, 0.5) is 0 Å². The monoisotopic (exact) mass is 520 g/mol. The summed E-state index contributed by atoms with van der Waals surface area (Å²) in [5.74, 6) is -0.634. The summed E-state index contributed by atoms with van der Waals surface area (Å²) >= 11 is 0. The minimum Gasteiger partial charge on any atom is -0.456 e. The number of aromatic nitrogens is 1. The Morgan fingerprint density at radius 2 is 1.86 bits per heavy atom. The molecule has 0 spiro atoms. The highest BCUT2D eigenvalue weighted by molar-refractivity contribution is 5.89. The smallest absolute Gasteiger partial charge is 0.340 e. The van der Waals surface area contributed by atoms with Crippen molar-refractivity contribution < 1.29 is 38.7 Å². The van der Waals surface area contributed by atoms with Gasteiger partial charge in [-0.05, 0) is 31.0 Å². The normalized spacial score (nSPS) is 13.9. The highest BCUT2D eigenvalue weighted by atomic mass is 16.6. The lowest BCUT2D eigenvalue weighted by Crippen LogP contribution is -2.39. The number of ether oxygens (including phenoxy) is 4. The van der Waals surface area contributed by atoms with E-state index in [4.69, 9.17) is 14.2 Å². The Morgan fingerprint density at radius 3 is 2.41 bits per heavy atom. The first-order valence-electron chi connectivity index (χ1n) is 12.2. The van der Waals surface area contributed by atoms with Crippen molar-refractivity contribution >= 4 is 11.9 Å². The summed E-state index contributed by atoms with van der Waals surface area (Å²) in [7, 11) is 3.05. The van der Waals surface area contributed by atoms with Crippen molar-refractivity contribution in [3.63, 3.8) is 0 Å². The van der Waals surface area contributed by atoms with Crippen LogP contribution >= 0.6 is 0 Å². The number of carbonyl (C=O) groups excluding carboxylic acids is 2. The van der Waals surface area contributed by atoms with Gasteiger partial charge in [-0.1, -0.05) is 37.3 Å². The lowest BCUT2D eigenvalue weighted by Gasteiger charge is -2.28. The van der Waals surface area contributed by atoms with Gasteiger partial charge in [0.15, 0.2) is 0 Å². The van der Waals surface area contributed by atoms with Crippen molar-refractivity contribution in [3.8, 4) is 0 Å². The highest BCUT2D eigenvalue weighted by Crippen LogP contribution is 2.15. The van der Waals surface area contributed by atoms with E-state index in [1.54, 1.807) is 32.3 Å². The number of nitrogens with zero attached hydrogens (tertiary/aromatic N) is 1. The predicted molar refractivity (Wildman–Crippen MR) is 138 cm³/mol. The Morgan fingerprint density at radius 1 is 1.14 bits per heavy atom. The van der Waals surface area contributed by atoms with Gasteiger partial charge >= 0.3 is 5.97 Å². The number of aliphatic hydroxyl groups excluding tert-OH is 2. The molecule has 1 aromatic carbocycles. The molecule has 1 heterocycles. The standard InChI is InChI=1S/C23H31NO6.C4H9NO2/c1-3-20(26)12-21(16-28-15-18-8-5-4-6-9-18)30-22(14-25)17(2)29-23(27)19-10-7-11-24-13-19;1-5-4(6)3-7-2/h4-11,13,17,20-22,25-26H,3,12,14-16H2,1-2H3;3H2,1-2H3,(H,5,6). The molecule has 0 fully saturated rings. The summed E-state index contributed by atoms with van der Waals surface area (Å²) in [6.45, 7) is 4.01. The SMILES string of the molecule is CCC(O)CC(COCc1ccccc1)OC(CO)C(C)OC(=O)c1cccnc1.CNC(=O)COC. The van der Waals surface area contributed by atoms with Gasteiger partial charge in [0.2, 0.25) is 5.91 Å². The zero-order chi connectivity index (χ0) is 27.5. The van der Waals surface area contributed by atoms with Crippen LogP contribution in [0.15, 0.2) is 54.9 Å². The fraction of sp³-hybridized carbons (Fsp3) is 0.519. The van der Waals surface area contributed by atoms with Crippen LogP contribution in [-0.4, -0.2) is 85.5 Å². The lowest BCUT2D eigenvalue weighted by atomic mass is 10.1. The number of methoxy groups -OCH3 is 1. The van der Waals surface area contributed by atoms with Crippen LogP contribution < -0.4 is 5.32 Å². The average Bonchev–Trinajstić information content (AvgIpc) is 2.92. The van der Waals surface area contributed by atoms with Gasteiger partial charge in [0.25, 0.3) is 0 Å². The van der Waals surface area contributed by atoms with E-state index in [1.165, 1.54) is 13.3 Å². The number of hydrogen-bond donors (Lipinski definition) is 3. The Balaban J connectivity index is 0.000000856. The number of amides is 1. The summed E-state index contributed by atoms with van der Waals surface area (Å²) in [4.78, 5) is 26.3. The number of pyridine rings is 1. The number of nitrogens with one attached hydrogen (secondary N) is 1. The van der Waals surface area contributed by atoms with Gasteiger partial charge in [0.05, 0.1) is 37.6 Å². The molecule has 10 nitrogen and oxygen atoms in total. The first-order valence-corrected chi connectivity index (χ1v) is 12.2. The van der Waals surface area contributed by atoms with E-state index in [1.807, 2.05) is 37.3 Å². The molecule has 10 heteroatoms. The zero-order valence-corrected chi connectivity index (χ0v) is 22.0. The van der Waals surface area contributed by atoms with Crippen molar-refractivity contribution in [3.05, 3.63) is 66.0 Å². The fourth-order valence-electron chi connectivity index (χ4n) is 3.06. The van der Waals surface area contributed by atoms with E-state index in [0.717, 1.165) is 5.56 Å². The lowest BCUT2D eigenvalue weighted by molar-refractivity contribution is -0.127. The van der Waals surface area contributed by atoms with E-state index in [0.29, 0.717) is 25.0 Å². The molecule has 0 aliphatic rings. The molecule has 1 amide bonds. The first kappa shape index (κ1) is 32.1. The molecule has 2 aromatic rings. The Bertz CT molecular complexity index is 869. The number of esters is 1. The van der Waals surface area contributed by atoms with Gasteiger partial charge in [-0.3, -0.25) is 9.78 Å². The Labute approximate surface area is 218 Å². The molecular formula is C27H40N2O8. The van der Waals surface area contributed by atoms with Crippen molar-refractivity contribution in [1.29, 1.82) is 0 Å². The van der Waals surface area contributed by atoms with Crippen LogP contribution in [0.25, 0.3) is 0 Å². The van der Waals surface area contributed by atoms with E-state index in [2.05, 4.69) is 15.0 Å². The van der Waals surface area contributed by atoms with Gasteiger partial charge in [-0.2, -0.15) is 0 Å². The number of benzene rings is 1. The number of carbonyl (C=O) groups is 2. The summed E-state index contributed by atoms with van der Waals surface area (Å²) in [5, 5.41) is 22.3. The first-order chi connectivity index (χ1) is 17.8. The van der Waals surface area contributed by atoms with Gasteiger partial charge < -0.3 is 34.5 Å². The Hall–Kier alpha value is -2.89. The average molecular weight is 521 g/mol. The highest BCUT2D eigenvalue weighted by Gasteiger charge is 2.26. The van der Waals surface area contributed by atoms with E-state index in [-0.39, 0.29) is 25.7 Å². The molecule has 37 heavy (non-hydrogen) atoms. The fourth-order valence-corrected chi connectivity index (χ4v) is 3.06. The third kappa shape index (κ3) is 13.8. The van der Waals surface area contributed by atoms with Crippen LogP contribution in [0.3, 0.4) is 0 Å². The van der Waals surface area contributed by atoms with Crippen LogP contribution in [0.1, 0.15) is 42.6 Å². The maximum atomic E-state index is 12.3. The van der Waals surface area contributed by atoms with Crippen molar-refractivity contribution in [2.24, 2.45) is 0 Å². The van der Waals surface area contributed by atoms with Crippen molar-refractivity contribution in [2.75, 3.05) is 34.0 Å². The maximum Gasteiger partial charge on any atom is 0.340 e. The number of likely N-dealkylation sites (N-methyl/N-ethyl adjacent to an activating group) is 1. The minimum atomic E-state index is -0.750. The summed E-state index contributed by atoms with van der Waals surface area (Å²) in [6.07, 6.45) is 1.46. The van der Waals surface area contributed by atoms with Crippen molar-refractivity contribution in [1.82, 2.24) is 10.3 Å². The summed E-state index contributed by atoms with van der Waals surface area (Å²) < 4.78 is 21.7. The number of hydrogen-bond acceptors (Lipinski definition) is 9. The third-order valence-corrected chi connectivity index (χ3v) is 5.24. The van der Waals surface area contributed by atoms with E-state index < -0.39 is 30.4 Å². The molecule has 4 unspecified atom stereocenters. The van der Waals surface area contributed by atoms with Crippen molar-refractivity contribution in [2.45, 2.75) is 57.7 Å². The predicted octanol–water partition coefficient (Wildman–Crippen LogP) is 2.13. The molecule has 0 saturated carbocycles. The molecule has 1 aromatic heterocycles. The summed E-state index contributed by atoms with van der Waals surface area (Å²) in [5.41, 5.74) is 1.36. The second-order valence-electron chi connectivity index (χ2n) is 8.24. The molecule has 2 rings (SSSR count). The summed E-state index contributed by atoms with van der Waals surface area (Å²) in [6, 6.07) is 13.0. The molecule has 0 aliphatic heterocycles. The molecule has 0 bridgehead atoms. The second-order valence-corrected chi connectivity index (χ2v) is 8.24. The molecule has 206 valence electrons. The van der Waals surface area contributed by atoms with Gasteiger partial charge in [-0.25, -0.2) is 4.79 Å². The van der Waals surface area contributed by atoms with E-state index in [9.17, 15) is 19.8 Å². The second kappa shape index (κ2) is 19.3. The molecule has 3 N–H and O–H groups in total. The maximum absolute atomic E-state index is 12.3. The molecular weight excluding hydrogens is 480 g/mol. The minimum absolute atomic E-state index is 0.0949. The number of aliphatic hydroxyl groups is 2. The van der Waals surface area contributed by atoms with Gasteiger partial charge in [0, 0.05) is 33.0 Å². The molecule has 0 aliphatic carbocycles. The topological polar surface area (TPSA) is 136 Å². The van der Waals surface area contributed by atoms with E-state index >= 15 is 0 Å². The Kier molecular flexibility index (Phi) is 16.7. The van der Waals surface area contributed by atoms with Crippen LogP contribution in [0.5, 0.6) is 0 Å². The largest absolute Gasteiger partial charge is 0.456 e. The quantitative estimate of drug-likeness (QED) is 0.302. The van der Waals surface area contributed by atoms with Gasteiger partial charge in [0.1, 0.15) is 18.8 Å². The zero-order valence-electron chi connectivity index (χ0n) is 22.0. The number of rotatable bonds is 15.